The summed E-state index contributed by atoms with van der Waals surface area (Å²) >= 11 is 0. The fourth-order valence-electron chi connectivity index (χ4n) is 2.02. The monoisotopic (exact) mass is 285 g/mol. The van der Waals surface area contributed by atoms with Crippen LogP contribution in [-0.2, 0) is 9.59 Å². The molecule has 0 aromatic carbocycles. The third-order valence-corrected chi connectivity index (χ3v) is 3.56. The van der Waals surface area contributed by atoms with Crippen LogP contribution >= 0.6 is 0 Å². The number of carbonyl (C=O) groups is 3. The molecule has 7 heteroatoms. The molecule has 0 atom stereocenters. The van der Waals surface area contributed by atoms with E-state index in [1.807, 2.05) is 6.92 Å². The van der Waals surface area contributed by atoms with Crippen molar-refractivity contribution in [2.24, 2.45) is 5.41 Å². The molecule has 7 nitrogen and oxygen atoms in total. The third kappa shape index (κ3) is 4.71. The Morgan fingerprint density at radius 1 is 1.10 bits per heavy atom. The van der Waals surface area contributed by atoms with Crippen LogP contribution in [-0.4, -0.2) is 42.6 Å². The lowest BCUT2D eigenvalue weighted by atomic mass is 9.69. The summed E-state index contributed by atoms with van der Waals surface area (Å²) < 4.78 is 0. The molecule has 0 bridgehead atoms. The lowest BCUT2D eigenvalue weighted by molar-refractivity contribution is -0.153. The van der Waals surface area contributed by atoms with Crippen molar-refractivity contribution in [3.63, 3.8) is 0 Å². The zero-order chi connectivity index (χ0) is 15.0. The normalized spacial score (nSPS) is 15.8. The molecule has 0 spiro atoms. The summed E-state index contributed by atoms with van der Waals surface area (Å²) in [6.07, 6.45) is 3.17. The SMILES string of the molecule is CCCNC(=O)CCNC(=O)NCC1(C(=O)O)CCC1. The molecule has 1 rings (SSSR count). The van der Waals surface area contributed by atoms with Crippen LogP contribution < -0.4 is 16.0 Å². The average molecular weight is 285 g/mol. The van der Waals surface area contributed by atoms with Gasteiger partial charge in [-0.1, -0.05) is 13.3 Å². The van der Waals surface area contributed by atoms with E-state index in [1.165, 1.54) is 0 Å². The van der Waals surface area contributed by atoms with E-state index in [0.717, 1.165) is 12.8 Å². The van der Waals surface area contributed by atoms with E-state index >= 15 is 0 Å². The molecule has 1 fully saturated rings. The fourth-order valence-corrected chi connectivity index (χ4v) is 2.02. The highest BCUT2D eigenvalue weighted by molar-refractivity contribution is 5.80. The number of aliphatic carboxylic acids is 1. The second-order valence-electron chi connectivity index (χ2n) is 5.15. The van der Waals surface area contributed by atoms with Crippen LogP contribution in [0, 0.1) is 5.41 Å². The minimum Gasteiger partial charge on any atom is -0.481 e. The summed E-state index contributed by atoms with van der Waals surface area (Å²) in [5.41, 5.74) is -0.796. The number of hydrogen-bond acceptors (Lipinski definition) is 3. The molecule has 0 saturated heterocycles. The van der Waals surface area contributed by atoms with E-state index in [4.69, 9.17) is 5.11 Å². The Hall–Kier alpha value is -1.79. The molecule has 0 unspecified atom stereocenters. The summed E-state index contributed by atoms with van der Waals surface area (Å²) in [6.45, 7) is 2.97. The number of carboxylic acids is 1. The highest BCUT2D eigenvalue weighted by Crippen LogP contribution is 2.40. The quantitative estimate of drug-likeness (QED) is 0.519. The molecule has 0 aromatic heterocycles. The molecule has 1 aliphatic carbocycles. The van der Waals surface area contributed by atoms with Crippen LogP contribution in [0.2, 0.25) is 0 Å². The van der Waals surface area contributed by atoms with Gasteiger partial charge in [0, 0.05) is 26.1 Å². The Morgan fingerprint density at radius 2 is 1.80 bits per heavy atom. The van der Waals surface area contributed by atoms with Crippen molar-refractivity contribution in [2.45, 2.75) is 39.0 Å². The fraction of sp³-hybridized carbons (Fsp3) is 0.769. The zero-order valence-electron chi connectivity index (χ0n) is 11.8. The first-order chi connectivity index (χ1) is 9.50. The molecule has 1 aliphatic rings. The summed E-state index contributed by atoms with van der Waals surface area (Å²) in [7, 11) is 0. The van der Waals surface area contributed by atoms with Gasteiger partial charge in [0.15, 0.2) is 0 Å². The van der Waals surface area contributed by atoms with Crippen molar-refractivity contribution in [2.75, 3.05) is 19.6 Å². The van der Waals surface area contributed by atoms with Crippen molar-refractivity contribution in [1.29, 1.82) is 0 Å². The van der Waals surface area contributed by atoms with Crippen molar-refractivity contribution in [3.05, 3.63) is 0 Å². The van der Waals surface area contributed by atoms with Crippen LogP contribution in [0.5, 0.6) is 0 Å². The van der Waals surface area contributed by atoms with Crippen LogP contribution in [0.1, 0.15) is 39.0 Å². The Labute approximate surface area is 118 Å². The van der Waals surface area contributed by atoms with E-state index in [2.05, 4.69) is 16.0 Å². The van der Waals surface area contributed by atoms with E-state index in [9.17, 15) is 14.4 Å². The second kappa shape index (κ2) is 7.72. The van der Waals surface area contributed by atoms with E-state index < -0.39 is 17.4 Å². The van der Waals surface area contributed by atoms with Gasteiger partial charge in [0.05, 0.1) is 5.41 Å². The van der Waals surface area contributed by atoms with Gasteiger partial charge in [-0.15, -0.1) is 0 Å². The molecular weight excluding hydrogens is 262 g/mol. The Balaban J connectivity index is 2.14. The maximum Gasteiger partial charge on any atom is 0.314 e. The van der Waals surface area contributed by atoms with Gasteiger partial charge in [-0.3, -0.25) is 9.59 Å². The second-order valence-corrected chi connectivity index (χ2v) is 5.15. The largest absolute Gasteiger partial charge is 0.481 e. The van der Waals surface area contributed by atoms with Gasteiger partial charge >= 0.3 is 12.0 Å². The Morgan fingerprint density at radius 3 is 2.30 bits per heavy atom. The first-order valence-electron chi connectivity index (χ1n) is 7.02. The Kier molecular flexibility index (Phi) is 6.27. The topological polar surface area (TPSA) is 108 Å². The Bertz CT molecular complexity index is 367. The van der Waals surface area contributed by atoms with E-state index in [0.29, 0.717) is 19.4 Å². The summed E-state index contributed by atoms with van der Waals surface area (Å²) in [5.74, 6) is -0.962. The first kappa shape index (κ1) is 16.3. The maximum absolute atomic E-state index is 11.5. The molecule has 0 radical (unpaired) electrons. The van der Waals surface area contributed by atoms with E-state index in [-0.39, 0.29) is 25.4 Å². The number of nitrogens with one attached hydrogen (secondary N) is 3. The molecule has 20 heavy (non-hydrogen) atoms. The van der Waals surface area contributed by atoms with E-state index in [1.54, 1.807) is 0 Å². The number of amides is 3. The third-order valence-electron chi connectivity index (χ3n) is 3.56. The molecule has 114 valence electrons. The molecular formula is C13H23N3O4. The predicted molar refractivity (Wildman–Crippen MR) is 73.2 cm³/mol. The molecule has 0 heterocycles. The minimum absolute atomic E-state index is 0.104. The molecule has 0 aliphatic heterocycles. The molecule has 3 amide bonds. The van der Waals surface area contributed by atoms with Crippen LogP contribution in [0.15, 0.2) is 0 Å². The van der Waals surface area contributed by atoms with Crippen molar-refractivity contribution in [3.8, 4) is 0 Å². The van der Waals surface area contributed by atoms with Gasteiger partial charge < -0.3 is 21.1 Å². The van der Waals surface area contributed by atoms with Gasteiger partial charge in [0.1, 0.15) is 0 Å². The van der Waals surface area contributed by atoms with Gasteiger partial charge in [0.2, 0.25) is 5.91 Å². The standard InChI is InChI=1S/C13H23N3O4/c1-2-7-14-10(17)4-8-15-12(20)16-9-13(11(18)19)5-3-6-13/h2-9H2,1H3,(H,14,17)(H,18,19)(H2,15,16,20). The van der Waals surface area contributed by atoms with Gasteiger partial charge in [-0.25, -0.2) is 4.79 Å². The summed E-state index contributed by atoms with van der Waals surface area (Å²) in [6, 6.07) is -0.430. The number of carboxylic acid groups (broad SMARTS) is 1. The molecule has 0 aromatic rings. The van der Waals surface area contributed by atoms with Crippen molar-refractivity contribution in [1.82, 2.24) is 16.0 Å². The molecule has 1 saturated carbocycles. The minimum atomic E-state index is -0.858. The first-order valence-corrected chi connectivity index (χ1v) is 7.02. The van der Waals surface area contributed by atoms with Crippen molar-refractivity contribution >= 4 is 17.9 Å². The average Bonchev–Trinajstić information content (AvgIpc) is 2.34. The number of hydrogen-bond donors (Lipinski definition) is 4. The van der Waals surface area contributed by atoms with Crippen LogP contribution in [0.4, 0.5) is 4.79 Å². The number of carbonyl (C=O) groups excluding carboxylic acids is 2. The number of urea groups is 1. The highest BCUT2D eigenvalue weighted by atomic mass is 16.4. The molecule has 4 N–H and O–H groups in total. The summed E-state index contributed by atoms with van der Waals surface area (Å²) in [5, 5.41) is 16.9. The number of rotatable bonds is 8. The predicted octanol–water partition coefficient (Wildman–Crippen LogP) is 0.457. The van der Waals surface area contributed by atoms with Crippen LogP contribution in [0.25, 0.3) is 0 Å². The van der Waals surface area contributed by atoms with Gasteiger partial charge in [0.25, 0.3) is 0 Å². The lowest BCUT2D eigenvalue weighted by Gasteiger charge is -2.37. The zero-order valence-corrected chi connectivity index (χ0v) is 11.8. The highest BCUT2D eigenvalue weighted by Gasteiger charge is 2.44. The van der Waals surface area contributed by atoms with Crippen LogP contribution in [0.3, 0.4) is 0 Å². The van der Waals surface area contributed by atoms with Gasteiger partial charge in [-0.2, -0.15) is 0 Å². The smallest absolute Gasteiger partial charge is 0.314 e. The summed E-state index contributed by atoms with van der Waals surface area (Å²) in [4.78, 5) is 33.9. The lowest BCUT2D eigenvalue weighted by Crippen LogP contribution is -2.50. The van der Waals surface area contributed by atoms with Gasteiger partial charge in [-0.05, 0) is 19.3 Å². The van der Waals surface area contributed by atoms with Crippen molar-refractivity contribution < 1.29 is 19.5 Å². The maximum atomic E-state index is 11.5.